The van der Waals surface area contributed by atoms with Gasteiger partial charge in [0.05, 0.1) is 6.61 Å². The molecule has 0 saturated heterocycles. The van der Waals surface area contributed by atoms with Gasteiger partial charge in [-0.3, -0.25) is 0 Å². The van der Waals surface area contributed by atoms with Gasteiger partial charge < -0.3 is 9.47 Å². The Morgan fingerprint density at radius 2 is 1.41 bits per heavy atom. The van der Waals surface area contributed by atoms with Gasteiger partial charge in [-0.25, -0.2) is 13.6 Å². The van der Waals surface area contributed by atoms with E-state index in [2.05, 4.69) is 9.47 Å². The zero-order valence-electron chi connectivity index (χ0n) is 14.3. The molecule has 158 valence electrons. The van der Waals surface area contributed by atoms with Crippen molar-refractivity contribution < 1.29 is 49.4 Å². The van der Waals surface area contributed by atoms with Gasteiger partial charge >= 0.3 is 23.9 Å². The number of hydrogen-bond donors (Lipinski definition) is 0. The lowest BCUT2D eigenvalue weighted by Crippen LogP contribution is -2.64. The van der Waals surface area contributed by atoms with Crippen LogP contribution in [0.1, 0.15) is 11.1 Å². The summed E-state index contributed by atoms with van der Waals surface area (Å²) in [5.74, 6) is -5.31. The number of hydrogen-bond acceptors (Lipinski definition) is 3. The van der Waals surface area contributed by atoms with Gasteiger partial charge in [-0.2, -0.15) is 26.3 Å². The van der Waals surface area contributed by atoms with E-state index in [-0.39, 0.29) is 11.6 Å². The molecule has 0 aliphatic rings. The first-order valence-corrected chi connectivity index (χ1v) is 7.81. The summed E-state index contributed by atoms with van der Waals surface area (Å²) in [5, 5.41) is 0. The molecule has 0 aliphatic carbocycles. The Labute approximate surface area is 158 Å². The lowest BCUT2D eigenvalue weighted by Gasteiger charge is -2.34. The number of halogens is 8. The minimum absolute atomic E-state index is 0.128. The van der Waals surface area contributed by atoms with Crippen molar-refractivity contribution in [3.05, 3.63) is 71.3 Å². The molecule has 0 N–H and O–H groups in total. The molecule has 2 aromatic rings. The van der Waals surface area contributed by atoms with E-state index in [1.54, 1.807) is 0 Å². The highest BCUT2D eigenvalue weighted by Gasteiger charge is 2.78. The number of carbonyl (C=O) groups excluding carboxylic acids is 1. The molecule has 0 saturated carbocycles. The van der Waals surface area contributed by atoms with Gasteiger partial charge in [-0.15, -0.1) is 0 Å². The third-order valence-electron chi connectivity index (χ3n) is 3.76. The van der Waals surface area contributed by atoms with Crippen molar-refractivity contribution in [1.29, 1.82) is 0 Å². The molecule has 2 aromatic carbocycles. The molecule has 0 unspecified atom stereocenters. The topological polar surface area (TPSA) is 35.5 Å². The van der Waals surface area contributed by atoms with Crippen LogP contribution in [0.2, 0.25) is 0 Å². The second-order valence-electron chi connectivity index (χ2n) is 5.76. The molecule has 2 rings (SSSR count). The molecule has 3 nitrogen and oxygen atoms in total. The fourth-order valence-corrected chi connectivity index (χ4v) is 2.26. The fraction of sp³-hybridized carbons (Fsp3) is 0.278. The summed E-state index contributed by atoms with van der Waals surface area (Å²) in [6, 6.07) is 8.46. The van der Waals surface area contributed by atoms with E-state index in [1.807, 2.05) is 0 Å². The third-order valence-corrected chi connectivity index (χ3v) is 3.76. The summed E-state index contributed by atoms with van der Waals surface area (Å²) in [4.78, 5) is 12.0. The van der Waals surface area contributed by atoms with E-state index in [9.17, 15) is 39.9 Å². The maximum Gasteiger partial charge on any atom is 0.437 e. The minimum atomic E-state index is -6.28. The van der Waals surface area contributed by atoms with Crippen LogP contribution in [0.25, 0.3) is 0 Å². The Morgan fingerprint density at radius 3 is 1.93 bits per heavy atom. The number of benzene rings is 2. The van der Waals surface area contributed by atoms with E-state index >= 15 is 0 Å². The molecular formula is C18H12F8O3. The van der Waals surface area contributed by atoms with Gasteiger partial charge in [-0.05, 0) is 11.6 Å². The average molecular weight is 428 g/mol. The first-order valence-electron chi connectivity index (χ1n) is 7.81. The lowest BCUT2D eigenvalue weighted by atomic mass is 10.0. The lowest BCUT2D eigenvalue weighted by molar-refractivity contribution is -0.372. The van der Waals surface area contributed by atoms with Gasteiger partial charge in [0.25, 0.3) is 0 Å². The van der Waals surface area contributed by atoms with Crippen molar-refractivity contribution in [2.24, 2.45) is 0 Å². The molecule has 0 atom stereocenters. The second-order valence-corrected chi connectivity index (χ2v) is 5.76. The van der Waals surface area contributed by atoms with Gasteiger partial charge in [0.15, 0.2) is 0 Å². The molecule has 29 heavy (non-hydrogen) atoms. The Hall–Kier alpha value is -2.69. The summed E-state index contributed by atoms with van der Waals surface area (Å²) in [5.41, 5.74) is -6.06. The van der Waals surface area contributed by atoms with Crippen molar-refractivity contribution >= 4 is 5.97 Å². The maximum atomic E-state index is 13.6. The van der Waals surface area contributed by atoms with Crippen LogP contribution in [0, 0.1) is 11.6 Å². The van der Waals surface area contributed by atoms with E-state index < -0.39 is 54.3 Å². The predicted octanol–water partition coefficient (Wildman–Crippen LogP) is 5.09. The van der Waals surface area contributed by atoms with Gasteiger partial charge in [0, 0.05) is 11.6 Å². The van der Waals surface area contributed by atoms with Crippen molar-refractivity contribution in [3.63, 3.8) is 0 Å². The fourth-order valence-electron chi connectivity index (χ4n) is 2.26. The summed E-state index contributed by atoms with van der Waals surface area (Å²) in [6.07, 6.45) is -12.6. The van der Waals surface area contributed by atoms with Crippen LogP contribution in [-0.2, 0) is 27.5 Å². The summed E-state index contributed by atoms with van der Waals surface area (Å²) in [6.45, 7) is -2.51. The summed E-state index contributed by atoms with van der Waals surface area (Å²) >= 11 is 0. The molecule has 0 amide bonds. The standard InChI is InChI=1S/C18H12F8O3/c19-13-7-6-12(14(20)8-13)10-29-16(17(21,22)23,18(24,25)26)15(27)28-9-11-4-2-1-3-5-11/h1-8H,9-10H2. The summed E-state index contributed by atoms with van der Waals surface area (Å²) in [7, 11) is 0. The van der Waals surface area contributed by atoms with Crippen LogP contribution in [0.3, 0.4) is 0 Å². The van der Waals surface area contributed by atoms with E-state index in [0.29, 0.717) is 12.1 Å². The Balaban J connectivity index is 2.35. The highest BCUT2D eigenvalue weighted by Crippen LogP contribution is 2.47. The number of alkyl halides is 6. The van der Waals surface area contributed by atoms with Gasteiger partial charge in [-0.1, -0.05) is 36.4 Å². The number of esters is 1. The first kappa shape index (κ1) is 22.6. The molecule has 0 fully saturated rings. The SMILES string of the molecule is O=C(OCc1ccccc1)C(OCc1ccc(F)cc1F)(C(F)(F)F)C(F)(F)F. The normalized spacial score (nSPS) is 12.7. The zero-order chi connectivity index (χ0) is 21.9. The molecule has 0 bridgehead atoms. The van der Waals surface area contributed by atoms with Crippen molar-refractivity contribution in [1.82, 2.24) is 0 Å². The third kappa shape index (κ3) is 4.84. The maximum absolute atomic E-state index is 13.6. The molecular weight excluding hydrogens is 416 g/mol. The van der Waals surface area contributed by atoms with Crippen molar-refractivity contribution in [2.45, 2.75) is 31.2 Å². The Morgan fingerprint density at radius 1 is 0.828 bits per heavy atom. The van der Waals surface area contributed by atoms with Crippen LogP contribution in [0.5, 0.6) is 0 Å². The van der Waals surface area contributed by atoms with Crippen LogP contribution in [0.4, 0.5) is 35.1 Å². The van der Waals surface area contributed by atoms with Gasteiger partial charge in [0.2, 0.25) is 0 Å². The highest BCUT2D eigenvalue weighted by atomic mass is 19.4. The van der Waals surface area contributed by atoms with E-state index in [4.69, 9.17) is 0 Å². The Bertz CT molecular complexity index is 832. The largest absolute Gasteiger partial charge is 0.458 e. The molecule has 0 heterocycles. The number of carbonyl (C=O) groups is 1. The average Bonchev–Trinajstić information content (AvgIpc) is 2.60. The quantitative estimate of drug-likeness (QED) is 0.475. The molecule has 0 spiro atoms. The number of ether oxygens (including phenoxy) is 2. The molecule has 0 aliphatic heterocycles. The van der Waals surface area contributed by atoms with Gasteiger partial charge in [0.1, 0.15) is 18.2 Å². The van der Waals surface area contributed by atoms with Crippen molar-refractivity contribution in [2.75, 3.05) is 0 Å². The highest BCUT2D eigenvalue weighted by molar-refractivity contribution is 5.82. The monoisotopic (exact) mass is 428 g/mol. The number of rotatable bonds is 6. The summed E-state index contributed by atoms with van der Waals surface area (Å²) < 4.78 is 115. The van der Waals surface area contributed by atoms with Crippen LogP contribution >= 0.6 is 0 Å². The van der Waals surface area contributed by atoms with Crippen molar-refractivity contribution in [3.8, 4) is 0 Å². The zero-order valence-corrected chi connectivity index (χ0v) is 14.3. The molecule has 0 aromatic heterocycles. The first-order chi connectivity index (χ1) is 13.4. The molecule has 0 radical (unpaired) electrons. The smallest absolute Gasteiger partial charge is 0.437 e. The van der Waals surface area contributed by atoms with Crippen LogP contribution in [-0.4, -0.2) is 23.9 Å². The predicted molar refractivity (Wildman–Crippen MR) is 82.2 cm³/mol. The van der Waals surface area contributed by atoms with E-state index in [0.717, 1.165) is 0 Å². The van der Waals surface area contributed by atoms with E-state index in [1.165, 1.54) is 30.3 Å². The second kappa shape index (κ2) is 8.36. The Kier molecular flexibility index (Phi) is 6.51. The van der Waals surface area contributed by atoms with Crippen LogP contribution in [0.15, 0.2) is 48.5 Å². The minimum Gasteiger partial charge on any atom is -0.458 e. The van der Waals surface area contributed by atoms with Crippen LogP contribution < -0.4 is 0 Å². The molecule has 11 heteroatoms.